The maximum absolute atomic E-state index is 12.1. The van der Waals surface area contributed by atoms with Gasteiger partial charge in [0.1, 0.15) is 6.54 Å². The van der Waals surface area contributed by atoms with Crippen LogP contribution in [0.1, 0.15) is 0 Å². The first kappa shape index (κ1) is 22.4. The number of benzene rings is 1. The Hall–Kier alpha value is -1.69. The lowest BCUT2D eigenvalue weighted by Crippen LogP contribution is -2.42. The van der Waals surface area contributed by atoms with Gasteiger partial charge < -0.3 is 10.2 Å². The molecule has 0 spiro atoms. The molecular formula is C15H26N4O5S2. The molecule has 1 amide bonds. The van der Waals surface area contributed by atoms with Crippen molar-refractivity contribution in [2.45, 2.75) is 4.90 Å². The lowest BCUT2D eigenvalue weighted by Gasteiger charge is -2.22. The van der Waals surface area contributed by atoms with E-state index in [9.17, 15) is 21.6 Å². The summed E-state index contributed by atoms with van der Waals surface area (Å²) in [5.74, 6) is -0.442. The van der Waals surface area contributed by atoms with Crippen LogP contribution in [-0.4, -0.2) is 86.0 Å². The van der Waals surface area contributed by atoms with E-state index in [1.54, 1.807) is 0 Å². The van der Waals surface area contributed by atoms with E-state index < -0.39 is 26.0 Å². The van der Waals surface area contributed by atoms with Gasteiger partial charge in [0.2, 0.25) is 26.0 Å². The number of hydrogen-bond acceptors (Lipinski definition) is 6. The highest BCUT2D eigenvalue weighted by atomic mass is 32.2. The lowest BCUT2D eigenvalue weighted by atomic mass is 10.3. The quantitative estimate of drug-likeness (QED) is 0.586. The van der Waals surface area contributed by atoms with Crippen molar-refractivity contribution >= 4 is 31.6 Å². The van der Waals surface area contributed by atoms with Crippen LogP contribution in [-0.2, 0) is 24.8 Å². The van der Waals surface area contributed by atoms with Gasteiger partial charge in [0.15, 0.2) is 0 Å². The van der Waals surface area contributed by atoms with Gasteiger partial charge in [-0.05, 0) is 38.4 Å². The minimum atomic E-state index is -3.72. The van der Waals surface area contributed by atoms with Crippen molar-refractivity contribution in [3.05, 3.63) is 24.3 Å². The second kappa shape index (κ2) is 8.80. The summed E-state index contributed by atoms with van der Waals surface area (Å²) in [6.07, 6.45) is 0.991. The van der Waals surface area contributed by atoms with Gasteiger partial charge in [-0.2, -0.15) is 0 Å². The second-order valence-corrected chi connectivity index (χ2v) is 10.3. The molecule has 0 radical (unpaired) electrons. The maximum atomic E-state index is 12.1. The normalized spacial score (nSPS) is 12.4. The summed E-state index contributed by atoms with van der Waals surface area (Å²) < 4.78 is 50.3. The molecule has 0 saturated heterocycles. The van der Waals surface area contributed by atoms with Crippen molar-refractivity contribution < 1.29 is 21.6 Å². The molecule has 0 aliphatic heterocycles. The Bertz CT molecular complexity index is 818. The Morgan fingerprint density at radius 3 is 1.96 bits per heavy atom. The van der Waals surface area contributed by atoms with E-state index in [1.165, 1.54) is 38.4 Å². The topological polar surface area (TPSA) is 107 Å². The number of nitrogens with zero attached hydrogens (tertiary/aromatic N) is 3. The molecule has 0 bridgehead atoms. The number of carbonyl (C=O) groups excluding carboxylic acids is 1. The molecule has 0 unspecified atom stereocenters. The number of hydrogen-bond donors (Lipinski definition) is 1. The molecule has 0 heterocycles. The van der Waals surface area contributed by atoms with E-state index >= 15 is 0 Å². The third kappa shape index (κ3) is 6.24. The summed E-state index contributed by atoms with van der Waals surface area (Å²) in [6.45, 7) is 0.636. The fraction of sp³-hybridized carbons (Fsp3) is 0.533. The zero-order chi connectivity index (χ0) is 20.1. The molecule has 0 atom stereocenters. The van der Waals surface area contributed by atoms with Crippen LogP contribution in [0.4, 0.5) is 5.69 Å². The highest BCUT2D eigenvalue weighted by Crippen LogP contribution is 2.21. The average molecular weight is 407 g/mol. The number of sulfonamides is 2. The molecule has 0 aromatic heterocycles. The molecule has 26 heavy (non-hydrogen) atoms. The summed E-state index contributed by atoms with van der Waals surface area (Å²) >= 11 is 0. The molecule has 0 aliphatic carbocycles. The molecular weight excluding hydrogens is 380 g/mol. The third-order valence-electron chi connectivity index (χ3n) is 3.47. The Labute approximate surface area is 155 Å². The molecule has 148 valence electrons. The summed E-state index contributed by atoms with van der Waals surface area (Å²) in [7, 11) is -0.801. The van der Waals surface area contributed by atoms with E-state index in [4.69, 9.17) is 0 Å². The van der Waals surface area contributed by atoms with Gasteiger partial charge in [0.05, 0.1) is 16.8 Å². The zero-order valence-electron chi connectivity index (χ0n) is 15.6. The predicted molar refractivity (Wildman–Crippen MR) is 101 cm³/mol. The van der Waals surface area contributed by atoms with Crippen LogP contribution < -0.4 is 9.62 Å². The number of amides is 1. The van der Waals surface area contributed by atoms with Gasteiger partial charge >= 0.3 is 0 Å². The highest BCUT2D eigenvalue weighted by molar-refractivity contribution is 7.92. The third-order valence-corrected chi connectivity index (χ3v) is 6.44. The van der Waals surface area contributed by atoms with Crippen molar-refractivity contribution in [3.63, 3.8) is 0 Å². The van der Waals surface area contributed by atoms with Crippen LogP contribution in [0.5, 0.6) is 0 Å². The van der Waals surface area contributed by atoms with Crippen LogP contribution in [0, 0.1) is 0 Å². The molecule has 11 heteroatoms. The van der Waals surface area contributed by atoms with Crippen molar-refractivity contribution in [1.82, 2.24) is 14.5 Å². The lowest BCUT2D eigenvalue weighted by molar-refractivity contribution is -0.119. The zero-order valence-corrected chi connectivity index (χ0v) is 17.3. The predicted octanol–water partition coefficient (Wildman–Crippen LogP) is -0.619. The smallest absolute Gasteiger partial charge is 0.242 e. The average Bonchev–Trinajstić information content (AvgIpc) is 2.51. The van der Waals surface area contributed by atoms with Crippen molar-refractivity contribution in [2.75, 3.05) is 58.4 Å². The number of carbonyl (C=O) groups is 1. The van der Waals surface area contributed by atoms with Crippen molar-refractivity contribution in [2.24, 2.45) is 0 Å². The Balaban J connectivity index is 3.00. The fourth-order valence-electron chi connectivity index (χ4n) is 2.00. The highest BCUT2D eigenvalue weighted by Gasteiger charge is 2.22. The number of anilines is 1. The molecule has 1 N–H and O–H groups in total. The SMILES string of the molecule is CN(C)CCNC(=O)CN(c1ccc(S(=O)(=O)N(C)C)cc1)S(C)(=O)=O. The van der Waals surface area contributed by atoms with Crippen LogP contribution in [0.3, 0.4) is 0 Å². The summed E-state index contributed by atoms with van der Waals surface area (Å²) in [5, 5.41) is 2.65. The monoisotopic (exact) mass is 406 g/mol. The van der Waals surface area contributed by atoms with Crippen LogP contribution >= 0.6 is 0 Å². The first-order valence-electron chi connectivity index (χ1n) is 7.77. The first-order chi connectivity index (χ1) is 11.9. The Morgan fingerprint density at radius 2 is 1.54 bits per heavy atom. The minimum Gasteiger partial charge on any atom is -0.353 e. The van der Waals surface area contributed by atoms with Gasteiger partial charge in [-0.1, -0.05) is 0 Å². The Kier molecular flexibility index (Phi) is 7.57. The molecule has 1 aromatic rings. The first-order valence-corrected chi connectivity index (χ1v) is 11.1. The second-order valence-electron chi connectivity index (χ2n) is 6.20. The van der Waals surface area contributed by atoms with Crippen molar-refractivity contribution in [1.29, 1.82) is 0 Å². The molecule has 0 fully saturated rings. The van der Waals surface area contributed by atoms with Gasteiger partial charge in [-0.3, -0.25) is 9.10 Å². The van der Waals surface area contributed by atoms with Gasteiger partial charge in [0.25, 0.3) is 0 Å². The van der Waals surface area contributed by atoms with Crippen LogP contribution in [0.15, 0.2) is 29.2 Å². The van der Waals surface area contributed by atoms with Gasteiger partial charge in [-0.15, -0.1) is 0 Å². The number of rotatable bonds is 9. The molecule has 1 rings (SSSR count). The molecule has 0 aliphatic rings. The Morgan fingerprint density at radius 1 is 1.00 bits per heavy atom. The largest absolute Gasteiger partial charge is 0.353 e. The van der Waals surface area contributed by atoms with E-state index in [-0.39, 0.29) is 17.1 Å². The number of nitrogens with one attached hydrogen (secondary N) is 1. The number of likely N-dealkylation sites (N-methyl/N-ethyl adjacent to an activating group) is 1. The van der Waals surface area contributed by atoms with Crippen molar-refractivity contribution in [3.8, 4) is 0 Å². The molecule has 1 aromatic carbocycles. The van der Waals surface area contributed by atoms with E-state index in [0.29, 0.717) is 13.1 Å². The molecule has 9 nitrogen and oxygen atoms in total. The minimum absolute atomic E-state index is 0.0372. The van der Waals surface area contributed by atoms with Crippen LogP contribution in [0.2, 0.25) is 0 Å². The summed E-state index contributed by atoms with van der Waals surface area (Å²) in [4.78, 5) is 14.0. The summed E-state index contributed by atoms with van der Waals surface area (Å²) in [5.41, 5.74) is 0.216. The van der Waals surface area contributed by atoms with E-state index in [2.05, 4.69) is 5.32 Å². The molecule has 0 saturated carbocycles. The van der Waals surface area contributed by atoms with E-state index in [0.717, 1.165) is 14.9 Å². The fourth-order valence-corrected chi connectivity index (χ4v) is 3.76. The van der Waals surface area contributed by atoms with E-state index in [1.807, 2.05) is 19.0 Å². The van der Waals surface area contributed by atoms with Gasteiger partial charge in [0, 0.05) is 27.2 Å². The van der Waals surface area contributed by atoms with Crippen LogP contribution in [0.25, 0.3) is 0 Å². The summed E-state index contributed by atoms with van der Waals surface area (Å²) in [6, 6.07) is 5.36. The maximum Gasteiger partial charge on any atom is 0.242 e. The standard InChI is InChI=1S/C15H26N4O5S2/c1-17(2)11-10-16-15(20)12-19(25(5,21)22)13-6-8-14(9-7-13)26(23,24)18(3)4/h6-9H,10-12H2,1-5H3,(H,16,20). The van der Waals surface area contributed by atoms with Gasteiger partial charge in [-0.25, -0.2) is 21.1 Å².